The van der Waals surface area contributed by atoms with Crippen LogP contribution < -0.4 is 0 Å². The van der Waals surface area contributed by atoms with Crippen molar-refractivity contribution in [3.8, 4) is 0 Å². The number of rotatable bonds is 0. The van der Waals surface area contributed by atoms with Crippen LogP contribution in [-0.2, 0) is 0 Å². The number of alkyl halides is 2. The average molecular weight is 283 g/mol. The third-order valence-electron chi connectivity index (χ3n) is 3.11. The van der Waals surface area contributed by atoms with Crippen molar-refractivity contribution < 1.29 is 0 Å². The molecular formula is C8H13Br2N. The van der Waals surface area contributed by atoms with Gasteiger partial charge < -0.3 is 0 Å². The van der Waals surface area contributed by atoms with E-state index < -0.39 is 0 Å². The maximum Gasteiger partial charge on any atom is 0.0427 e. The predicted octanol–water partition coefficient (Wildman–Crippen LogP) is 2.38. The van der Waals surface area contributed by atoms with Crippen LogP contribution in [-0.4, -0.2) is 33.7 Å². The molecule has 0 aliphatic carbocycles. The highest BCUT2D eigenvalue weighted by molar-refractivity contribution is 9.12. The normalized spacial score (nSPS) is 51.5. The summed E-state index contributed by atoms with van der Waals surface area (Å²) in [7, 11) is 2.26. The van der Waals surface area contributed by atoms with Crippen molar-refractivity contribution in [2.24, 2.45) is 0 Å². The lowest BCUT2D eigenvalue weighted by Gasteiger charge is -2.37. The van der Waals surface area contributed by atoms with E-state index in [2.05, 4.69) is 43.8 Å². The fourth-order valence-corrected chi connectivity index (χ4v) is 3.98. The maximum absolute atomic E-state index is 3.76. The molecule has 4 unspecified atom stereocenters. The SMILES string of the molecule is CN1C2CCC1C(Br)C(Br)C2. The first-order valence-electron chi connectivity index (χ1n) is 4.20. The molecule has 2 aliphatic rings. The molecule has 0 N–H and O–H groups in total. The Hall–Kier alpha value is 0.920. The monoisotopic (exact) mass is 281 g/mol. The third kappa shape index (κ3) is 1.29. The molecule has 0 spiro atoms. The van der Waals surface area contributed by atoms with Gasteiger partial charge in [-0.3, -0.25) is 4.90 Å². The molecule has 2 aliphatic heterocycles. The molecule has 3 heteroatoms. The summed E-state index contributed by atoms with van der Waals surface area (Å²) in [6, 6.07) is 1.62. The quantitative estimate of drug-likeness (QED) is 0.617. The topological polar surface area (TPSA) is 3.24 Å². The number of nitrogens with zero attached hydrogens (tertiary/aromatic N) is 1. The lowest BCUT2D eigenvalue weighted by molar-refractivity contribution is 0.192. The first-order valence-corrected chi connectivity index (χ1v) is 6.03. The minimum Gasteiger partial charge on any atom is -0.299 e. The number of hydrogen-bond acceptors (Lipinski definition) is 1. The van der Waals surface area contributed by atoms with Crippen LogP contribution in [0.3, 0.4) is 0 Å². The Balaban J connectivity index is 2.16. The van der Waals surface area contributed by atoms with Gasteiger partial charge in [0.05, 0.1) is 0 Å². The van der Waals surface area contributed by atoms with Crippen molar-refractivity contribution >= 4 is 31.9 Å². The molecule has 0 saturated carbocycles. The summed E-state index contributed by atoms with van der Waals surface area (Å²) in [5, 5.41) is 0. The van der Waals surface area contributed by atoms with Crippen LogP contribution in [0.4, 0.5) is 0 Å². The van der Waals surface area contributed by atoms with Crippen LogP contribution >= 0.6 is 31.9 Å². The summed E-state index contributed by atoms with van der Waals surface area (Å²) < 4.78 is 0. The van der Waals surface area contributed by atoms with Gasteiger partial charge in [-0.25, -0.2) is 0 Å². The van der Waals surface area contributed by atoms with Gasteiger partial charge in [0.2, 0.25) is 0 Å². The molecular weight excluding hydrogens is 270 g/mol. The maximum atomic E-state index is 3.76. The number of halogens is 2. The van der Waals surface area contributed by atoms with Crippen molar-refractivity contribution in [1.29, 1.82) is 0 Å². The molecule has 0 amide bonds. The largest absolute Gasteiger partial charge is 0.299 e. The summed E-state index contributed by atoms with van der Waals surface area (Å²) in [6.45, 7) is 0. The number of fused-ring (bicyclic) bond motifs is 2. The average Bonchev–Trinajstić information content (AvgIpc) is 2.23. The molecule has 0 radical (unpaired) electrons. The van der Waals surface area contributed by atoms with E-state index in [1.54, 1.807) is 0 Å². The summed E-state index contributed by atoms with van der Waals surface area (Å²) in [5.41, 5.74) is 0. The summed E-state index contributed by atoms with van der Waals surface area (Å²) in [6.07, 6.45) is 4.08. The van der Waals surface area contributed by atoms with Crippen molar-refractivity contribution in [2.45, 2.75) is 41.0 Å². The van der Waals surface area contributed by atoms with Gasteiger partial charge in [-0.15, -0.1) is 0 Å². The first kappa shape index (κ1) is 8.52. The Morgan fingerprint density at radius 3 is 2.73 bits per heavy atom. The Bertz CT molecular complexity index is 162. The zero-order valence-electron chi connectivity index (χ0n) is 6.63. The molecule has 1 nitrogen and oxygen atoms in total. The van der Waals surface area contributed by atoms with Crippen molar-refractivity contribution in [1.82, 2.24) is 4.90 Å². The van der Waals surface area contributed by atoms with Gasteiger partial charge in [-0.1, -0.05) is 31.9 Å². The van der Waals surface area contributed by atoms with E-state index in [4.69, 9.17) is 0 Å². The van der Waals surface area contributed by atoms with Gasteiger partial charge in [0, 0.05) is 21.7 Å². The van der Waals surface area contributed by atoms with Crippen LogP contribution in [0.2, 0.25) is 0 Å². The Morgan fingerprint density at radius 1 is 1.27 bits per heavy atom. The van der Waals surface area contributed by atoms with Crippen LogP contribution in [0.5, 0.6) is 0 Å². The fourth-order valence-electron chi connectivity index (χ4n) is 2.34. The summed E-state index contributed by atoms with van der Waals surface area (Å²) in [4.78, 5) is 3.89. The van der Waals surface area contributed by atoms with Crippen molar-refractivity contribution in [3.63, 3.8) is 0 Å². The first-order chi connectivity index (χ1) is 5.20. The van der Waals surface area contributed by atoms with Gasteiger partial charge in [-0.2, -0.15) is 0 Å². The standard InChI is InChI=1S/C8H13Br2N/c1-11-5-2-3-7(11)8(10)6(9)4-5/h5-8H,2-4H2,1H3. The zero-order chi connectivity index (χ0) is 8.01. The van der Waals surface area contributed by atoms with Crippen LogP contribution in [0, 0.1) is 0 Å². The number of piperidine rings is 1. The Kier molecular flexibility index (Phi) is 2.32. The van der Waals surface area contributed by atoms with Crippen LogP contribution in [0.25, 0.3) is 0 Å². The molecule has 4 atom stereocenters. The van der Waals surface area contributed by atoms with Gasteiger partial charge in [0.25, 0.3) is 0 Å². The number of hydrogen-bond donors (Lipinski definition) is 0. The summed E-state index contributed by atoms with van der Waals surface area (Å²) in [5.74, 6) is 0. The van der Waals surface area contributed by atoms with E-state index in [9.17, 15) is 0 Å². The predicted molar refractivity (Wildman–Crippen MR) is 54.6 cm³/mol. The smallest absolute Gasteiger partial charge is 0.0427 e. The van der Waals surface area contributed by atoms with Crippen molar-refractivity contribution in [2.75, 3.05) is 7.05 Å². The molecule has 11 heavy (non-hydrogen) atoms. The van der Waals surface area contributed by atoms with E-state index in [1.165, 1.54) is 19.3 Å². The lowest BCUT2D eigenvalue weighted by Crippen LogP contribution is -2.47. The molecule has 2 heterocycles. The molecule has 2 bridgehead atoms. The molecule has 64 valence electrons. The molecule has 0 aromatic heterocycles. The highest BCUT2D eigenvalue weighted by Gasteiger charge is 2.43. The highest BCUT2D eigenvalue weighted by atomic mass is 79.9. The minimum absolute atomic E-state index is 0.659. The lowest BCUT2D eigenvalue weighted by atomic mass is 10.0. The van der Waals surface area contributed by atoms with Gasteiger partial charge in [0.15, 0.2) is 0 Å². The zero-order valence-corrected chi connectivity index (χ0v) is 9.81. The van der Waals surface area contributed by atoms with Gasteiger partial charge in [0.1, 0.15) is 0 Å². The second-order valence-electron chi connectivity index (χ2n) is 3.66. The van der Waals surface area contributed by atoms with E-state index in [-0.39, 0.29) is 0 Å². The Morgan fingerprint density at radius 2 is 2.00 bits per heavy atom. The second kappa shape index (κ2) is 3.00. The van der Waals surface area contributed by atoms with Gasteiger partial charge >= 0.3 is 0 Å². The minimum atomic E-state index is 0.659. The molecule has 2 fully saturated rings. The fraction of sp³-hybridized carbons (Fsp3) is 1.00. The highest BCUT2D eigenvalue weighted by Crippen LogP contribution is 2.40. The van der Waals surface area contributed by atoms with E-state index in [1.807, 2.05) is 0 Å². The second-order valence-corrected chi connectivity index (χ2v) is 5.89. The molecule has 0 aromatic carbocycles. The van der Waals surface area contributed by atoms with E-state index >= 15 is 0 Å². The van der Waals surface area contributed by atoms with Crippen LogP contribution in [0.15, 0.2) is 0 Å². The van der Waals surface area contributed by atoms with Crippen molar-refractivity contribution in [3.05, 3.63) is 0 Å². The van der Waals surface area contributed by atoms with E-state index in [0.29, 0.717) is 9.65 Å². The van der Waals surface area contributed by atoms with E-state index in [0.717, 1.165) is 12.1 Å². The third-order valence-corrected chi connectivity index (χ3v) is 6.01. The van der Waals surface area contributed by atoms with Gasteiger partial charge in [-0.05, 0) is 26.3 Å². The summed E-state index contributed by atoms with van der Waals surface area (Å²) >= 11 is 7.49. The Labute approximate surface area is 84.8 Å². The van der Waals surface area contributed by atoms with Crippen LogP contribution in [0.1, 0.15) is 19.3 Å². The molecule has 2 rings (SSSR count). The molecule has 2 saturated heterocycles. The molecule has 0 aromatic rings.